The van der Waals surface area contributed by atoms with Crippen molar-refractivity contribution in [1.29, 1.82) is 0 Å². The van der Waals surface area contributed by atoms with Crippen molar-refractivity contribution in [2.45, 2.75) is 20.4 Å². The third kappa shape index (κ3) is 4.23. The first-order valence-electron chi connectivity index (χ1n) is 9.80. The number of nitrogens with zero attached hydrogens (tertiary/aromatic N) is 4. The van der Waals surface area contributed by atoms with Crippen LogP contribution in [0, 0.1) is 6.92 Å². The molecule has 154 valence electrons. The highest BCUT2D eigenvalue weighted by Gasteiger charge is 2.19. The molecule has 7 nitrogen and oxygen atoms in total. The first kappa shape index (κ1) is 19.7. The standard InChI is InChI=1S/C21H26N4O3S/c1-4-28-19-11-16(5-6-18(19)26-3)13-25-14-22-12-17(25)20-15(2)23-21(29-20)24-7-9-27-10-8-24/h5-6,11-12,14H,4,7-10,13H2,1-3H3. The molecule has 3 aromatic rings. The Hall–Kier alpha value is -2.58. The summed E-state index contributed by atoms with van der Waals surface area (Å²) in [7, 11) is 1.66. The lowest BCUT2D eigenvalue weighted by Crippen LogP contribution is -2.36. The fraction of sp³-hybridized carbons (Fsp3) is 0.429. The van der Waals surface area contributed by atoms with Gasteiger partial charge < -0.3 is 23.7 Å². The van der Waals surface area contributed by atoms with E-state index in [1.807, 2.05) is 31.6 Å². The molecule has 3 heterocycles. The fourth-order valence-electron chi connectivity index (χ4n) is 3.43. The zero-order valence-electron chi connectivity index (χ0n) is 17.1. The molecule has 0 saturated carbocycles. The highest BCUT2D eigenvalue weighted by atomic mass is 32.1. The summed E-state index contributed by atoms with van der Waals surface area (Å²) in [6.45, 7) is 8.61. The Morgan fingerprint density at radius 2 is 2.03 bits per heavy atom. The van der Waals surface area contributed by atoms with E-state index >= 15 is 0 Å². The van der Waals surface area contributed by atoms with Gasteiger partial charge in [-0.3, -0.25) is 0 Å². The van der Waals surface area contributed by atoms with Crippen molar-refractivity contribution in [3.63, 3.8) is 0 Å². The predicted molar refractivity (Wildman–Crippen MR) is 114 cm³/mol. The summed E-state index contributed by atoms with van der Waals surface area (Å²) in [5.41, 5.74) is 3.24. The molecule has 0 atom stereocenters. The maximum Gasteiger partial charge on any atom is 0.186 e. The minimum Gasteiger partial charge on any atom is -0.493 e. The van der Waals surface area contributed by atoms with E-state index in [2.05, 4.69) is 27.4 Å². The number of ether oxygens (including phenoxy) is 3. The van der Waals surface area contributed by atoms with Crippen LogP contribution >= 0.6 is 11.3 Å². The second-order valence-electron chi connectivity index (χ2n) is 6.84. The Bertz CT molecular complexity index is 963. The van der Waals surface area contributed by atoms with Gasteiger partial charge in [0.1, 0.15) is 0 Å². The summed E-state index contributed by atoms with van der Waals surface area (Å²) < 4.78 is 18.7. The van der Waals surface area contributed by atoms with Crippen molar-refractivity contribution in [2.75, 3.05) is 44.9 Å². The van der Waals surface area contributed by atoms with E-state index in [-0.39, 0.29) is 0 Å². The number of benzene rings is 1. The Kier molecular flexibility index (Phi) is 6.01. The normalized spacial score (nSPS) is 14.2. The lowest BCUT2D eigenvalue weighted by Gasteiger charge is -2.26. The number of methoxy groups -OCH3 is 1. The number of anilines is 1. The number of morpholine rings is 1. The molecular weight excluding hydrogens is 388 g/mol. The van der Waals surface area contributed by atoms with Crippen molar-refractivity contribution < 1.29 is 14.2 Å². The second kappa shape index (κ2) is 8.84. The van der Waals surface area contributed by atoms with Crippen molar-refractivity contribution in [1.82, 2.24) is 14.5 Å². The summed E-state index contributed by atoms with van der Waals surface area (Å²) in [5, 5.41) is 1.05. The number of aryl methyl sites for hydroxylation is 1. The van der Waals surface area contributed by atoms with Crippen LogP contribution in [0.25, 0.3) is 10.6 Å². The zero-order chi connectivity index (χ0) is 20.2. The van der Waals surface area contributed by atoms with Crippen LogP contribution in [0.1, 0.15) is 18.2 Å². The van der Waals surface area contributed by atoms with Gasteiger partial charge in [-0.1, -0.05) is 17.4 Å². The van der Waals surface area contributed by atoms with E-state index in [1.54, 1.807) is 18.4 Å². The minimum atomic E-state index is 0.598. The molecule has 0 N–H and O–H groups in total. The molecule has 1 aliphatic rings. The average Bonchev–Trinajstić information content (AvgIpc) is 3.35. The number of aromatic nitrogens is 3. The largest absolute Gasteiger partial charge is 0.493 e. The molecule has 0 amide bonds. The van der Waals surface area contributed by atoms with Gasteiger partial charge in [0, 0.05) is 19.6 Å². The lowest BCUT2D eigenvalue weighted by molar-refractivity contribution is 0.122. The van der Waals surface area contributed by atoms with Gasteiger partial charge in [0.15, 0.2) is 16.6 Å². The highest BCUT2D eigenvalue weighted by molar-refractivity contribution is 7.19. The SMILES string of the molecule is CCOc1cc(Cn2cncc2-c2sc(N3CCOCC3)nc2C)ccc1OC. The molecular formula is C21H26N4O3S. The number of thiazole rings is 1. The van der Waals surface area contributed by atoms with Gasteiger partial charge in [-0.05, 0) is 31.5 Å². The third-order valence-corrected chi connectivity index (χ3v) is 6.13. The van der Waals surface area contributed by atoms with Gasteiger partial charge in [0.25, 0.3) is 0 Å². The number of rotatable bonds is 7. The maximum absolute atomic E-state index is 5.72. The van der Waals surface area contributed by atoms with E-state index in [9.17, 15) is 0 Å². The Balaban J connectivity index is 1.59. The summed E-state index contributed by atoms with van der Waals surface area (Å²) >= 11 is 1.72. The van der Waals surface area contributed by atoms with Crippen LogP contribution in [0.5, 0.6) is 11.5 Å². The van der Waals surface area contributed by atoms with Gasteiger partial charge in [-0.2, -0.15) is 0 Å². The summed E-state index contributed by atoms with van der Waals surface area (Å²) in [6.07, 6.45) is 3.78. The van der Waals surface area contributed by atoms with Gasteiger partial charge in [0.05, 0.1) is 55.7 Å². The molecule has 1 aliphatic heterocycles. The van der Waals surface area contributed by atoms with Crippen LogP contribution in [-0.2, 0) is 11.3 Å². The lowest BCUT2D eigenvalue weighted by atomic mass is 10.2. The van der Waals surface area contributed by atoms with Gasteiger partial charge in [-0.25, -0.2) is 9.97 Å². The zero-order valence-corrected chi connectivity index (χ0v) is 17.9. The number of hydrogen-bond donors (Lipinski definition) is 0. The van der Waals surface area contributed by atoms with E-state index in [0.29, 0.717) is 13.2 Å². The van der Waals surface area contributed by atoms with Crippen LogP contribution in [0.15, 0.2) is 30.7 Å². The molecule has 0 bridgehead atoms. The molecule has 4 rings (SSSR count). The Morgan fingerprint density at radius 1 is 1.21 bits per heavy atom. The monoisotopic (exact) mass is 414 g/mol. The molecule has 0 unspecified atom stereocenters. The number of hydrogen-bond acceptors (Lipinski definition) is 7. The maximum atomic E-state index is 5.72. The predicted octanol–water partition coefficient (Wildman–Crippen LogP) is 3.61. The van der Waals surface area contributed by atoms with Gasteiger partial charge >= 0.3 is 0 Å². The van der Waals surface area contributed by atoms with Crippen LogP contribution in [0.3, 0.4) is 0 Å². The van der Waals surface area contributed by atoms with Gasteiger partial charge in [0.2, 0.25) is 0 Å². The summed E-state index contributed by atoms with van der Waals surface area (Å²) in [6, 6.07) is 6.04. The molecule has 29 heavy (non-hydrogen) atoms. The van der Waals surface area contributed by atoms with Crippen LogP contribution in [0.4, 0.5) is 5.13 Å². The summed E-state index contributed by atoms with van der Waals surface area (Å²) in [5.74, 6) is 1.51. The second-order valence-corrected chi connectivity index (χ2v) is 7.81. The first-order chi connectivity index (χ1) is 14.2. The van der Waals surface area contributed by atoms with Crippen LogP contribution < -0.4 is 14.4 Å². The van der Waals surface area contributed by atoms with Crippen molar-refractivity contribution in [3.8, 4) is 22.1 Å². The number of imidazole rings is 1. The minimum absolute atomic E-state index is 0.598. The van der Waals surface area contributed by atoms with E-state index in [4.69, 9.17) is 19.2 Å². The Labute approximate surface area is 174 Å². The van der Waals surface area contributed by atoms with E-state index in [1.165, 1.54) is 0 Å². The average molecular weight is 415 g/mol. The quantitative estimate of drug-likeness (QED) is 0.589. The third-order valence-electron chi connectivity index (χ3n) is 4.89. The first-order valence-corrected chi connectivity index (χ1v) is 10.6. The molecule has 2 aromatic heterocycles. The van der Waals surface area contributed by atoms with Gasteiger partial charge in [-0.15, -0.1) is 0 Å². The van der Waals surface area contributed by atoms with Crippen LogP contribution in [-0.4, -0.2) is 54.6 Å². The Morgan fingerprint density at radius 3 is 2.79 bits per heavy atom. The molecule has 0 aliphatic carbocycles. The molecule has 0 radical (unpaired) electrons. The molecule has 0 spiro atoms. The fourth-order valence-corrected chi connectivity index (χ4v) is 4.57. The molecule has 1 aromatic carbocycles. The highest BCUT2D eigenvalue weighted by Crippen LogP contribution is 2.35. The van der Waals surface area contributed by atoms with Crippen molar-refractivity contribution >= 4 is 16.5 Å². The molecule has 1 saturated heterocycles. The van der Waals surface area contributed by atoms with Crippen molar-refractivity contribution in [3.05, 3.63) is 42.0 Å². The summed E-state index contributed by atoms with van der Waals surface area (Å²) in [4.78, 5) is 12.7. The smallest absolute Gasteiger partial charge is 0.186 e. The van der Waals surface area contributed by atoms with Crippen LogP contribution in [0.2, 0.25) is 0 Å². The molecule has 1 fully saturated rings. The van der Waals surface area contributed by atoms with Crippen molar-refractivity contribution in [2.24, 2.45) is 0 Å². The van der Waals surface area contributed by atoms with E-state index in [0.717, 1.165) is 64.8 Å². The topological polar surface area (TPSA) is 61.6 Å². The van der Waals surface area contributed by atoms with E-state index < -0.39 is 0 Å². The molecule has 8 heteroatoms.